The maximum atomic E-state index is 6.06. The van der Waals surface area contributed by atoms with Crippen molar-refractivity contribution in [2.75, 3.05) is 52.4 Å². The van der Waals surface area contributed by atoms with Gasteiger partial charge in [-0.05, 0) is 43.6 Å². The van der Waals surface area contributed by atoms with E-state index in [4.69, 9.17) is 4.74 Å². The Bertz CT molecular complexity index is 491. The van der Waals surface area contributed by atoms with E-state index in [-0.39, 0.29) is 0 Å². The highest BCUT2D eigenvalue weighted by atomic mass is 16.5. The molecular weight excluding hydrogens is 288 g/mol. The lowest BCUT2D eigenvalue weighted by Gasteiger charge is -2.37. The van der Waals surface area contributed by atoms with E-state index in [1.165, 1.54) is 44.6 Å². The molecule has 0 aliphatic carbocycles. The van der Waals surface area contributed by atoms with Gasteiger partial charge in [0.25, 0.3) is 0 Å². The Hall–Kier alpha value is -1.01. The number of rotatable bonds is 5. The van der Waals surface area contributed by atoms with E-state index in [0.29, 0.717) is 12.1 Å². The van der Waals surface area contributed by atoms with Crippen LogP contribution in [0.2, 0.25) is 0 Å². The largest absolute Gasteiger partial charge is 0.374 e. The molecule has 5 nitrogen and oxygen atoms in total. The van der Waals surface area contributed by atoms with Gasteiger partial charge >= 0.3 is 0 Å². The third-order valence-electron chi connectivity index (χ3n) is 5.55. The monoisotopic (exact) mass is 316 g/mol. The smallest absolute Gasteiger partial charge is 0.0870 e. The number of morpholine rings is 1. The molecule has 3 saturated heterocycles. The number of hydrogen-bond donors (Lipinski definition) is 0. The van der Waals surface area contributed by atoms with Crippen molar-refractivity contribution < 1.29 is 4.74 Å². The lowest BCUT2D eigenvalue weighted by molar-refractivity contribution is -0.0488. The van der Waals surface area contributed by atoms with E-state index in [1.807, 2.05) is 12.4 Å². The highest BCUT2D eigenvalue weighted by Gasteiger charge is 2.39. The van der Waals surface area contributed by atoms with Gasteiger partial charge in [0.05, 0.1) is 12.7 Å². The van der Waals surface area contributed by atoms with Crippen molar-refractivity contribution in [2.45, 2.75) is 31.5 Å². The number of hydrogen-bond acceptors (Lipinski definition) is 5. The van der Waals surface area contributed by atoms with Crippen LogP contribution >= 0.6 is 0 Å². The van der Waals surface area contributed by atoms with Crippen LogP contribution in [-0.2, 0) is 11.3 Å². The normalized spacial score (nSPS) is 29.9. The van der Waals surface area contributed by atoms with E-state index in [0.717, 1.165) is 32.8 Å². The van der Waals surface area contributed by atoms with E-state index >= 15 is 0 Å². The summed E-state index contributed by atoms with van der Waals surface area (Å²) in [6.45, 7) is 10.2. The molecule has 0 radical (unpaired) electrons. The molecule has 0 bridgehead atoms. The zero-order valence-corrected chi connectivity index (χ0v) is 13.9. The highest BCUT2D eigenvalue weighted by molar-refractivity contribution is 5.10. The van der Waals surface area contributed by atoms with E-state index < -0.39 is 0 Å². The Kier molecular flexibility index (Phi) is 4.90. The quantitative estimate of drug-likeness (QED) is 0.811. The van der Waals surface area contributed by atoms with Gasteiger partial charge in [-0.25, -0.2) is 0 Å². The van der Waals surface area contributed by atoms with Crippen LogP contribution in [0.4, 0.5) is 0 Å². The van der Waals surface area contributed by atoms with Crippen molar-refractivity contribution >= 4 is 0 Å². The molecule has 2 atom stereocenters. The molecule has 3 aliphatic heterocycles. The average Bonchev–Trinajstić information content (AvgIpc) is 3.23. The summed E-state index contributed by atoms with van der Waals surface area (Å²) in [5.41, 5.74) is 1.35. The van der Waals surface area contributed by atoms with Gasteiger partial charge in [0.15, 0.2) is 0 Å². The molecule has 0 saturated carbocycles. The molecule has 1 aromatic heterocycles. The van der Waals surface area contributed by atoms with Gasteiger partial charge in [0, 0.05) is 57.7 Å². The Balaban J connectivity index is 1.32. The van der Waals surface area contributed by atoms with Crippen LogP contribution in [0.15, 0.2) is 24.5 Å². The van der Waals surface area contributed by atoms with Gasteiger partial charge in [-0.1, -0.05) is 0 Å². The Morgan fingerprint density at radius 1 is 1.00 bits per heavy atom. The average molecular weight is 316 g/mol. The third kappa shape index (κ3) is 3.74. The molecule has 23 heavy (non-hydrogen) atoms. The molecule has 1 aromatic rings. The molecule has 3 aliphatic rings. The maximum absolute atomic E-state index is 6.06. The van der Waals surface area contributed by atoms with Crippen LogP contribution in [0.1, 0.15) is 18.4 Å². The zero-order valence-electron chi connectivity index (χ0n) is 13.9. The molecule has 0 N–H and O–H groups in total. The summed E-state index contributed by atoms with van der Waals surface area (Å²) in [5, 5.41) is 0. The summed E-state index contributed by atoms with van der Waals surface area (Å²) < 4.78 is 6.06. The molecule has 0 unspecified atom stereocenters. The van der Waals surface area contributed by atoms with Crippen LogP contribution < -0.4 is 0 Å². The number of aromatic nitrogens is 1. The Morgan fingerprint density at radius 2 is 1.83 bits per heavy atom. The molecule has 4 rings (SSSR count). The molecule has 0 amide bonds. The second-order valence-electron chi connectivity index (χ2n) is 7.11. The molecule has 3 fully saturated rings. The maximum Gasteiger partial charge on any atom is 0.0870 e. The standard InChI is InChI=1S/C18H28N4O/c1-2-8-20(7-1)9-10-22-11-12-23-18-15-21(14-17(18)22)13-16-3-5-19-6-4-16/h3-6,17-18H,1-2,7-15H2/t17-,18+/m1/s1. The second-order valence-corrected chi connectivity index (χ2v) is 7.11. The first kappa shape index (κ1) is 15.5. The van der Waals surface area contributed by atoms with Crippen LogP contribution in [0.5, 0.6) is 0 Å². The first-order chi connectivity index (χ1) is 11.4. The minimum atomic E-state index is 0.393. The first-order valence-electron chi connectivity index (χ1n) is 9.08. The number of pyridine rings is 1. The van der Waals surface area contributed by atoms with Crippen molar-refractivity contribution in [2.24, 2.45) is 0 Å². The minimum Gasteiger partial charge on any atom is -0.374 e. The van der Waals surface area contributed by atoms with E-state index in [2.05, 4.69) is 31.8 Å². The predicted molar refractivity (Wildman–Crippen MR) is 90.3 cm³/mol. The predicted octanol–water partition coefficient (Wildman–Crippen LogP) is 1.06. The topological polar surface area (TPSA) is 31.8 Å². The molecule has 126 valence electrons. The van der Waals surface area contributed by atoms with E-state index in [1.54, 1.807) is 0 Å². The lowest BCUT2D eigenvalue weighted by atomic mass is 10.1. The van der Waals surface area contributed by atoms with Crippen LogP contribution in [0, 0.1) is 0 Å². The Morgan fingerprint density at radius 3 is 2.65 bits per heavy atom. The zero-order chi connectivity index (χ0) is 15.5. The number of nitrogens with zero attached hydrogens (tertiary/aromatic N) is 4. The fourth-order valence-electron chi connectivity index (χ4n) is 4.26. The fourth-order valence-corrected chi connectivity index (χ4v) is 4.26. The summed E-state index contributed by atoms with van der Waals surface area (Å²) in [4.78, 5) is 11.9. The second kappa shape index (κ2) is 7.26. The lowest BCUT2D eigenvalue weighted by Crippen LogP contribution is -2.52. The molecule has 5 heteroatoms. The molecule has 0 spiro atoms. The van der Waals surface area contributed by atoms with E-state index in [9.17, 15) is 0 Å². The summed E-state index contributed by atoms with van der Waals surface area (Å²) in [6.07, 6.45) is 6.93. The minimum absolute atomic E-state index is 0.393. The molecule has 4 heterocycles. The van der Waals surface area contributed by atoms with Gasteiger partial charge in [0.2, 0.25) is 0 Å². The highest BCUT2D eigenvalue weighted by Crippen LogP contribution is 2.24. The van der Waals surface area contributed by atoms with Gasteiger partial charge in [-0.15, -0.1) is 0 Å². The summed E-state index contributed by atoms with van der Waals surface area (Å²) in [5.74, 6) is 0. The number of fused-ring (bicyclic) bond motifs is 1. The van der Waals surface area contributed by atoms with Crippen molar-refractivity contribution in [3.05, 3.63) is 30.1 Å². The van der Waals surface area contributed by atoms with Crippen LogP contribution in [0.25, 0.3) is 0 Å². The van der Waals surface area contributed by atoms with Gasteiger partial charge in [-0.3, -0.25) is 14.8 Å². The van der Waals surface area contributed by atoms with Crippen molar-refractivity contribution in [3.8, 4) is 0 Å². The molecule has 0 aromatic carbocycles. The van der Waals surface area contributed by atoms with Crippen molar-refractivity contribution in [1.29, 1.82) is 0 Å². The van der Waals surface area contributed by atoms with Crippen LogP contribution in [0.3, 0.4) is 0 Å². The summed E-state index contributed by atoms with van der Waals surface area (Å²) in [7, 11) is 0. The van der Waals surface area contributed by atoms with Crippen LogP contribution in [-0.4, -0.2) is 84.2 Å². The summed E-state index contributed by atoms with van der Waals surface area (Å²) >= 11 is 0. The van der Waals surface area contributed by atoms with Gasteiger partial charge in [-0.2, -0.15) is 0 Å². The van der Waals surface area contributed by atoms with Crippen molar-refractivity contribution in [1.82, 2.24) is 19.7 Å². The SMILES string of the molecule is c1cc(CN2C[C@@H]3OCCN(CCN4CCCC4)[C@@H]3C2)ccn1. The number of likely N-dealkylation sites (tertiary alicyclic amines) is 2. The first-order valence-corrected chi connectivity index (χ1v) is 9.08. The summed E-state index contributed by atoms with van der Waals surface area (Å²) in [6, 6.07) is 4.82. The molecular formula is C18H28N4O. The number of ether oxygens (including phenoxy) is 1. The fraction of sp³-hybridized carbons (Fsp3) is 0.722. The Labute approximate surface area is 139 Å². The van der Waals surface area contributed by atoms with Gasteiger partial charge < -0.3 is 9.64 Å². The van der Waals surface area contributed by atoms with Crippen molar-refractivity contribution in [3.63, 3.8) is 0 Å². The third-order valence-corrected chi connectivity index (χ3v) is 5.55. The van der Waals surface area contributed by atoms with Gasteiger partial charge in [0.1, 0.15) is 0 Å².